The van der Waals surface area contributed by atoms with Gasteiger partial charge < -0.3 is 10.2 Å². The van der Waals surface area contributed by atoms with Crippen LogP contribution in [0.4, 0.5) is 0 Å². The maximum Gasteiger partial charge on any atom is 0.257 e. The van der Waals surface area contributed by atoms with Crippen molar-refractivity contribution in [3.63, 3.8) is 0 Å². The molecule has 2 N–H and O–H groups in total. The van der Waals surface area contributed by atoms with E-state index in [0.29, 0.717) is 12.1 Å². The van der Waals surface area contributed by atoms with Crippen LogP contribution in [-0.2, 0) is 4.79 Å². The van der Waals surface area contributed by atoms with Crippen LogP contribution in [0.2, 0.25) is 0 Å². The first-order chi connectivity index (χ1) is 8.16. The molecule has 0 bridgehead atoms. The second kappa shape index (κ2) is 4.99. The molecule has 17 heavy (non-hydrogen) atoms. The van der Waals surface area contributed by atoms with E-state index in [2.05, 4.69) is 15.5 Å². The SMILES string of the molecule is CC(=O)NC1CCCN(C(=O)c2cn[nH]c2)C1. The van der Waals surface area contributed by atoms with Crippen LogP contribution >= 0.6 is 0 Å². The van der Waals surface area contributed by atoms with Crippen molar-refractivity contribution in [2.24, 2.45) is 0 Å². The first-order valence-electron chi connectivity index (χ1n) is 5.72. The molecular weight excluding hydrogens is 220 g/mol. The van der Waals surface area contributed by atoms with Gasteiger partial charge in [0.15, 0.2) is 0 Å². The largest absolute Gasteiger partial charge is 0.352 e. The topological polar surface area (TPSA) is 78.1 Å². The summed E-state index contributed by atoms with van der Waals surface area (Å²) >= 11 is 0. The number of aromatic nitrogens is 2. The number of carbonyl (C=O) groups excluding carboxylic acids is 2. The van der Waals surface area contributed by atoms with Crippen LogP contribution in [-0.4, -0.2) is 46.0 Å². The summed E-state index contributed by atoms with van der Waals surface area (Å²) in [4.78, 5) is 24.8. The molecule has 1 unspecified atom stereocenters. The number of nitrogens with zero attached hydrogens (tertiary/aromatic N) is 2. The normalized spacial score (nSPS) is 20.1. The summed E-state index contributed by atoms with van der Waals surface area (Å²) in [6.07, 6.45) is 4.94. The zero-order valence-corrected chi connectivity index (χ0v) is 9.77. The lowest BCUT2D eigenvalue weighted by Crippen LogP contribution is -2.49. The number of carbonyl (C=O) groups is 2. The van der Waals surface area contributed by atoms with Crippen LogP contribution in [0.25, 0.3) is 0 Å². The van der Waals surface area contributed by atoms with E-state index < -0.39 is 0 Å². The predicted octanol–water partition coefficient (Wildman–Crippen LogP) is 0.150. The van der Waals surface area contributed by atoms with Crippen molar-refractivity contribution in [1.29, 1.82) is 0 Å². The van der Waals surface area contributed by atoms with Gasteiger partial charge in [0.25, 0.3) is 5.91 Å². The monoisotopic (exact) mass is 236 g/mol. The summed E-state index contributed by atoms with van der Waals surface area (Å²) in [7, 11) is 0. The number of piperidine rings is 1. The van der Waals surface area contributed by atoms with E-state index in [9.17, 15) is 9.59 Å². The molecule has 2 amide bonds. The van der Waals surface area contributed by atoms with Crippen LogP contribution in [0.5, 0.6) is 0 Å². The van der Waals surface area contributed by atoms with Gasteiger partial charge in [-0.15, -0.1) is 0 Å². The fourth-order valence-corrected chi connectivity index (χ4v) is 2.12. The Balaban J connectivity index is 1.97. The Morgan fingerprint density at radius 2 is 2.41 bits per heavy atom. The molecule has 92 valence electrons. The van der Waals surface area contributed by atoms with Crippen molar-refractivity contribution in [2.75, 3.05) is 13.1 Å². The van der Waals surface area contributed by atoms with E-state index >= 15 is 0 Å². The first-order valence-corrected chi connectivity index (χ1v) is 5.72. The van der Waals surface area contributed by atoms with Crippen molar-refractivity contribution in [2.45, 2.75) is 25.8 Å². The molecular formula is C11H16N4O2. The number of likely N-dealkylation sites (tertiary alicyclic amines) is 1. The fraction of sp³-hybridized carbons (Fsp3) is 0.545. The Kier molecular flexibility index (Phi) is 3.41. The van der Waals surface area contributed by atoms with Gasteiger partial charge in [-0.3, -0.25) is 14.7 Å². The van der Waals surface area contributed by atoms with Crippen molar-refractivity contribution in [3.8, 4) is 0 Å². The molecule has 0 aromatic carbocycles. The Morgan fingerprint density at radius 1 is 1.59 bits per heavy atom. The molecule has 0 aliphatic carbocycles. The molecule has 1 saturated heterocycles. The number of H-pyrrole nitrogens is 1. The number of amides is 2. The van der Waals surface area contributed by atoms with Gasteiger partial charge in [0.2, 0.25) is 5.91 Å². The van der Waals surface area contributed by atoms with Crippen molar-refractivity contribution < 1.29 is 9.59 Å². The van der Waals surface area contributed by atoms with Crippen LogP contribution in [0.3, 0.4) is 0 Å². The highest BCUT2D eigenvalue weighted by molar-refractivity contribution is 5.93. The highest BCUT2D eigenvalue weighted by Gasteiger charge is 2.25. The summed E-state index contributed by atoms with van der Waals surface area (Å²) in [6, 6.07) is 0.0668. The van der Waals surface area contributed by atoms with Gasteiger partial charge in [-0.2, -0.15) is 5.10 Å². The minimum absolute atomic E-state index is 0.0335. The molecule has 1 aliphatic heterocycles. The molecule has 0 radical (unpaired) electrons. The minimum atomic E-state index is -0.0485. The van der Waals surface area contributed by atoms with Crippen LogP contribution < -0.4 is 5.32 Å². The third kappa shape index (κ3) is 2.83. The molecule has 1 fully saturated rings. The van der Waals surface area contributed by atoms with Gasteiger partial charge in [0.1, 0.15) is 0 Å². The second-order valence-electron chi connectivity index (χ2n) is 4.28. The average molecular weight is 236 g/mol. The Labute approximate surface area is 99.4 Å². The summed E-state index contributed by atoms with van der Waals surface area (Å²) in [5, 5.41) is 9.24. The van der Waals surface area contributed by atoms with Gasteiger partial charge in [-0.25, -0.2) is 0 Å². The molecule has 2 heterocycles. The molecule has 1 aromatic rings. The molecule has 6 nitrogen and oxygen atoms in total. The summed E-state index contributed by atoms with van der Waals surface area (Å²) in [5.74, 6) is -0.0820. The Bertz CT molecular complexity index is 402. The van der Waals surface area contributed by atoms with Crippen molar-refractivity contribution in [1.82, 2.24) is 20.4 Å². The van der Waals surface area contributed by atoms with Crippen LogP contribution in [0.1, 0.15) is 30.1 Å². The van der Waals surface area contributed by atoms with E-state index in [0.717, 1.165) is 19.4 Å². The molecule has 1 aromatic heterocycles. The van der Waals surface area contributed by atoms with Gasteiger partial charge in [0, 0.05) is 32.3 Å². The van der Waals surface area contributed by atoms with E-state index in [1.165, 1.54) is 13.1 Å². The minimum Gasteiger partial charge on any atom is -0.352 e. The maximum atomic E-state index is 12.0. The standard InChI is InChI=1S/C11H16N4O2/c1-8(16)14-10-3-2-4-15(7-10)11(17)9-5-12-13-6-9/h5-6,10H,2-4,7H2,1H3,(H,12,13)(H,14,16). The van der Waals surface area contributed by atoms with Gasteiger partial charge >= 0.3 is 0 Å². The fourth-order valence-electron chi connectivity index (χ4n) is 2.12. The molecule has 2 rings (SSSR count). The van der Waals surface area contributed by atoms with Crippen molar-refractivity contribution in [3.05, 3.63) is 18.0 Å². The highest BCUT2D eigenvalue weighted by Crippen LogP contribution is 2.13. The van der Waals surface area contributed by atoms with Gasteiger partial charge in [0.05, 0.1) is 11.8 Å². The Morgan fingerprint density at radius 3 is 3.06 bits per heavy atom. The molecule has 0 spiro atoms. The third-order valence-electron chi connectivity index (χ3n) is 2.86. The lowest BCUT2D eigenvalue weighted by molar-refractivity contribution is -0.120. The quantitative estimate of drug-likeness (QED) is 0.767. The Hall–Kier alpha value is -1.85. The van der Waals surface area contributed by atoms with E-state index in [-0.39, 0.29) is 17.9 Å². The number of rotatable bonds is 2. The zero-order chi connectivity index (χ0) is 12.3. The summed E-state index contributed by atoms with van der Waals surface area (Å²) in [5.41, 5.74) is 0.563. The van der Waals surface area contributed by atoms with E-state index in [1.807, 2.05) is 0 Å². The number of aromatic amines is 1. The van der Waals surface area contributed by atoms with Crippen molar-refractivity contribution >= 4 is 11.8 Å². The maximum absolute atomic E-state index is 12.0. The lowest BCUT2D eigenvalue weighted by Gasteiger charge is -2.32. The predicted molar refractivity (Wildman–Crippen MR) is 61.3 cm³/mol. The summed E-state index contributed by atoms with van der Waals surface area (Å²) in [6.45, 7) is 2.81. The lowest BCUT2D eigenvalue weighted by atomic mass is 10.1. The molecule has 1 atom stereocenters. The number of hydrogen-bond donors (Lipinski definition) is 2. The molecule has 0 saturated carbocycles. The zero-order valence-electron chi connectivity index (χ0n) is 9.77. The summed E-state index contributed by atoms with van der Waals surface area (Å²) < 4.78 is 0. The number of nitrogens with one attached hydrogen (secondary N) is 2. The van der Waals surface area contributed by atoms with Crippen LogP contribution in [0.15, 0.2) is 12.4 Å². The molecule has 6 heteroatoms. The first kappa shape index (κ1) is 11.6. The third-order valence-corrected chi connectivity index (χ3v) is 2.86. The van der Waals surface area contributed by atoms with E-state index in [1.54, 1.807) is 11.1 Å². The van der Waals surface area contributed by atoms with Gasteiger partial charge in [-0.1, -0.05) is 0 Å². The van der Waals surface area contributed by atoms with Gasteiger partial charge in [-0.05, 0) is 12.8 Å². The highest BCUT2D eigenvalue weighted by atomic mass is 16.2. The number of hydrogen-bond acceptors (Lipinski definition) is 3. The second-order valence-corrected chi connectivity index (χ2v) is 4.28. The smallest absolute Gasteiger partial charge is 0.257 e. The molecule has 1 aliphatic rings. The average Bonchev–Trinajstić information content (AvgIpc) is 2.81. The van der Waals surface area contributed by atoms with E-state index in [4.69, 9.17) is 0 Å². The van der Waals surface area contributed by atoms with Crippen LogP contribution in [0, 0.1) is 0 Å².